The zero-order valence-corrected chi connectivity index (χ0v) is 20.5. The van der Waals surface area contributed by atoms with Crippen molar-refractivity contribution in [3.05, 3.63) is 70.8 Å². The van der Waals surface area contributed by atoms with E-state index in [0.717, 1.165) is 5.56 Å². The predicted octanol–water partition coefficient (Wildman–Crippen LogP) is 3.53. The molecule has 0 saturated heterocycles. The van der Waals surface area contributed by atoms with E-state index in [4.69, 9.17) is 10.5 Å². The van der Waals surface area contributed by atoms with Gasteiger partial charge in [0.25, 0.3) is 5.56 Å². The van der Waals surface area contributed by atoms with Gasteiger partial charge in [0.05, 0.1) is 11.7 Å². The molecule has 0 saturated carbocycles. The summed E-state index contributed by atoms with van der Waals surface area (Å²) in [6.45, 7) is 11.0. The SMILES string of the molecule is C=CN=C/C=C(\C)c1nc(NC[C@H](Cc2ccccc2)NC(=O)OC(C)(C)C)n(C)c(=O)c1N. The Balaban J connectivity index is 2.29. The number of hydrogen-bond acceptors (Lipinski definition) is 7. The fourth-order valence-electron chi connectivity index (χ4n) is 3.13. The average Bonchev–Trinajstić information content (AvgIpc) is 2.76. The first-order valence-electron chi connectivity index (χ1n) is 11.0. The average molecular weight is 467 g/mol. The third-order valence-electron chi connectivity index (χ3n) is 4.77. The number of carbonyl (C=O) groups excluding carboxylic acids is 1. The Bertz CT molecular complexity index is 1110. The lowest BCUT2D eigenvalue weighted by Crippen LogP contribution is -2.44. The predicted molar refractivity (Wildman–Crippen MR) is 138 cm³/mol. The molecule has 0 aliphatic rings. The highest BCUT2D eigenvalue weighted by atomic mass is 16.6. The van der Waals surface area contributed by atoms with Crippen LogP contribution in [0.25, 0.3) is 5.57 Å². The van der Waals surface area contributed by atoms with Gasteiger partial charge in [-0.1, -0.05) is 36.9 Å². The van der Waals surface area contributed by atoms with E-state index in [0.29, 0.717) is 30.2 Å². The quantitative estimate of drug-likeness (QED) is 0.486. The first-order valence-corrected chi connectivity index (χ1v) is 11.0. The van der Waals surface area contributed by atoms with Crippen molar-refractivity contribution in [3.8, 4) is 0 Å². The molecule has 0 aliphatic carbocycles. The van der Waals surface area contributed by atoms with Crippen LogP contribution in [0.1, 0.15) is 39.0 Å². The zero-order valence-electron chi connectivity index (χ0n) is 20.5. The van der Waals surface area contributed by atoms with Crippen LogP contribution in [-0.2, 0) is 18.2 Å². The van der Waals surface area contributed by atoms with Crippen LogP contribution in [0.4, 0.5) is 16.4 Å². The summed E-state index contributed by atoms with van der Waals surface area (Å²) in [6.07, 6.45) is 4.69. The first kappa shape index (κ1) is 26.4. The molecule has 34 heavy (non-hydrogen) atoms. The molecule has 9 nitrogen and oxygen atoms in total. The summed E-state index contributed by atoms with van der Waals surface area (Å²) in [6, 6.07) is 9.45. The molecule has 1 amide bonds. The van der Waals surface area contributed by atoms with Gasteiger partial charge in [-0.15, -0.1) is 0 Å². The van der Waals surface area contributed by atoms with Crippen LogP contribution in [0, 0.1) is 0 Å². The number of hydrogen-bond donors (Lipinski definition) is 3. The van der Waals surface area contributed by atoms with Gasteiger partial charge in [-0.2, -0.15) is 0 Å². The van der Waals surface area contributed by atoms with Crippen molar-refractivity contribution in [1.82, 2.24) is 14.9 Å². The fraction of sp³-hybridized carbons (Fsp3) is 0.360. The Morgan fingerprint density at radius 1 is 1.32 bits per heavy atom. The number of nitrogen functional groups attached to an aromatic ring is 1. The smallest absolute Gasteiger partial charge is 0.407 e. The highest BCUT2D eigenvalue weighted by Gasteiger charge is 2.21. The number of aliphatic imine (C=N–C) groups is 1. The van der Waals surface area contributed by atoms with Crippen molar-refractivity contribution in [2.24, 2.45) is 12.0 Å². The Morgan fingerprint density at radius 3 is 2.62 bits per heavy atom. The highest BCUT2D eigenvalue weighted by molar-refractivity contribution is 5.85. The molecule has 1 aromatic heterocycles. The van der Waals surface area contributed by atoms with Crippen molar-refractivity contribution in [2.75, 3.05) is 17.6 Å². The summed E-state index contributed by atoms with van der Waals surface area (Å²) >= 11 is 0. The summed E-state index contributed by atoms with van der Waals surface area (Å²) in [5.41, 5.74) is 7.17. The highest BCUT2D eigenvalue weighted by Crippen LogP contribution is 2.17. The fourth-order valence-corrected chi connectivity index (χ4v) is 3.13. The minimum atomic E-state index is -0.620. The molecule has 1 heterocycles. The molecule has 4 N–H and O–H groups in total. The number of alkyl carbamates (subject to hydrolysis) is 1. The summed E-state index contributed by atoms with van der Waals surface area (Å²) < 4.78 is 6.77. The molecule has 1 aromatic carbocycles. The van der Waals surface area contributed by atoms with Gasteiger partial charge in [-0.25, -0.2) is 9.78 Å². The van der Waals surface area contributed by atoms with Crippen LogP contribution in [0.15, 0.2) is 59.0 Å². The molecule has 0 radical (unpaired) electrons. The molecule has 182 valence electrons. The molecule has 2 aromatic rings. The minimum Gasteiger partial charge on any atom is -0.444 e. The maximum absolute atomic E-state index is 12.7. The topological polar surface area (TPSA) is 124 Å². The summed E-state index contributed by atoms with van der Waals surface area (Å²) in [5.74, 6) is 0.326. The Labute approximate surface area is 200 Å². The Hall–Kier alpha value is -3.88. The largest absolute Gasteiger partial charge is 0.444 e. The molecule has 9 heteroatoms. The van der Waals surface area contributed by atoms with Gasteiger partial charge in [0.2, 0.25) is 5.95 Å². The van der Waals surface area contributed by atoms with E-state index in [9.17, 15) is 9.59 Å². The van der Waals surface area contributed by atoms with E-state index in [1.165, 1.54) is 10.8 Å². The van der Waals surface area contributed by atoms with Gasteiger partial charge in [0, 0.05) is 26.0 Å². The lowest BCUT2D eigenvalue weighted by atomic mass is 10.1. The van der Waals surface area contributed by atoms with E-state index < -0.39 is 11.7 Å². The monoisotopic (exact) mass is 466 g/mol. The van der Waals surface area contributed by atoms with Crippen LogP contribution >= 0.6 is 0 Å². The lowest BCUT2D eigenvalue weighted by Gasteiger charge is -2.24. The van der Waals surface area contributed by atoms with E-state index in [-0.39, 0.29) is 17.3 Å². The number of nitrogens with zero attached hydrogens (tertiary/aromatic N) is 3. The first-order chi connectivity index (χ1) is 16.0. The minimum absolute atomic E-state index is 0.0431. The number of anilines is 2. The van der Waals surface area contributed by atoms with E-state index in [2.05, 4.69) is 27.2 Å². The number of nitrogens with one attached hydrogen (secondary N) is 2. The third-order valence-corrected chi connectivity index (χ3v) is 4.77. The number of allylic oxidation sites excluding steroid dienone is 2. The molecular weight excluding hydrogens is 432 g/mol. The number of nitrogens with two attached hydrogens (primary N) is 1. The second-order valence-electron chi connectivity index (χ2n) is 8.81. The number of rotatable bonds is 9. The van der Waals surface area contributed by atoms with Gasteiger partial charge in [-0.3, -0.25) is 14.4 Å². The van der Waals surface area contributed by atoms with Gasteiger partial charge < -0.3 is 21.1 Å². The Morgan fingerprint density at radius 2 is 2.00 bits per heavy atom. The van der Waals surface area contributed by atoms with Crippen LogP contribution in [0.3, 0.4) is 0 Å². The summed E-state index contributed by atoms with van der Waals surface area (Å²) in [4.78, 5) is 33.6. The van der Waals surface area contributed by atoms with Crippen LogP contribution in [0.2, 0.25) is 0 Å². The second-order valence-corrected chi connectivity index (χ2v) is 8.81. The van der Waals surface area contributed by atoms with Crippen LogP contribution in [0.5, 0.6) is 0 Å². The van der Waals surface area contributed by atoms with Crippen molar-refractivity contribution in [3.63, 3.8) is 0 Å². The second kappa shape index (κ2) is 11.8. The molecule has 0 bridgehead atoms. The van der Waals surface area contributed by atoms with Gasteiger partial charge in [-0.05, 0) is 51.3 Å². The van der Waals surface area contributed by atoms with Gasteiger partial charge in [0.15, 0.2) is 0 Å². The van der Waals surface area contributed by atoms with Gasteiger partial charge >= 0.3 is 6.09 Å². The standard InChI is InChI=1S/C25H34N6O3/c1-7-27-14-13-17(2)21-20(26)22(32)31(6)23(30-21)28-16-19(15-18-11-9-8-10-12-18)29-24(33)34-25(3,4)5/h7-14,19H,1,15-16,26H2,2-6H3,(H,28,30)(H,29,33)/b17-13+,27-14?/t19-/m0/s1. The normalized spacial score (nSPS) is 12.9. The van der Waals surface area contributed by atoms with Crippen molar-refractivity contribution < 1.29 is 9.53 Å². The maximum atomic E-state index is 12.7. The van der Waals surface area contributed by atoms with Crippen LogP contribution < -0.4 is 21.9 Å². The molecule has 2 rings (SSSR count). The molecule has 0 fully saturated rings. The lowest BCUT2D eigenvalue weighted by molar-refractivity contribution is 0.0507. The number of carbonyl (C=O) groups is 1. The molecule has 1 atom stereocenters. The Kier molecular flexibility index (Phi) is 9.18. The summed E-state index contributed by atoms with van der Waals surface area (Å²) in [7, 11) is 1.59. The molecule has 0 spiro atoms. The van der Waals surface area contributed by atoms with E-state index in [1.54, 1.807) is 26.3 Å². The molecular formula is C25H34N6O3. The van der Waals surface area contributed by atoms with Crippen molar-refractivity contribution >= 4 is 29.5 Å². The molecule has 0 aliphatic heterocycles. The zero-order chi connectivity index (χ0) is 25.3. The van der Waals surface area contributed by atoms with E-state index >= 15 is 0 Å². The molecule has 0 unspecified atom stereocenters. The number of aromatic nitrogens is 2. The number of amides is 1. The third kappa shape index (κ3) is 7.91. The number of ether oxygens (including phenoxy) is 1. The summed E-state index contributed by atoms with van der Waals surface area (Å²) in [5, 5.41) is 6.09. The van der Waals surface area contributed by atoms with Crippen molar-refractivity contribution in [2.45, 2.75) is 45.8 Å². The van der Waals surface area contributed by atoms with Crippen LogP contribution in [-0.4, -0.2) is 40.0 Å². The van der Waals surface area contributed by atoms with Crippen molar-refractivity contribution in [1.29, 1.82) is 0 Å². The van der Waals surface area contributed by atoms with E-state index in [1.807, 2.05) is 51.1 Å². The maximum Gasteiger partial charge on any atom is 0.407 e. The van der Waals surface area contributed by atoms with Gasteiger partial charge in [0.1, 0.15) is 11.3 Å². The number of benzene rings is 1.